The number of nitrogens with one attached hydrogen (secondary N) is 2. The van der Waals surface area contributed by atoms with Gasteiger partial charge in [-0.05, 0) is 49.2 Å². The Morgan fingerprint density at radius 1 is 0.966 bits per heavy atom. The minimum absolute atomic E-state index is 0.0608. The maximum atomic E-state index is 12.8. The summed E-state index contributed by atoms with van der Waals surface area (Å²) in [6, 6.07) is 11.4. The summed E-state index contributed by atoms with van der Waals surface area (Å²) in [5.41, 5.74) is 2.89. The first-order valence-corrected chi connectivity index (χ1v) is 10.0. The molecule has 1 fully saturated rings. The van der Waals surface area contributed by atoms with Gasteiger partial charge in [0, 0.05) is 63.3 Å². The van der Waals surface area contributed by atoms with Gasteiger partial charge in [-0.15, -0.1) is 0 Å². The lowest BCUT2D eigenvalue weighted by molar-refractivity contribution is 0.0628. The Morgan fingerprint density at radius 3 is 2.24 bits per heavy atom. The van der Waals surface area contributed by atoms with Crippen molar-refractivity contribution in [1.29, 1.82) is 0 Å². The molecule has 1 aromatic carbocycles. The molecule has 2 aromatic rings. The summed E-state index contributed by atoms with van der Waals surface area (Å²) in [5, 5.41) is 5.60. The molecular weight excluding hydrogens is 366 g/mol. The zero-order chi connectivity index (χ0) is 20.6. The maximum absolute atomic E-state index is 12.8. The second-order valence-corrected chi connectivity index (χ2v) is 7.60. The molecule has 3 amide bonds. The second kappa shape index (κ2) is 10.0. The third-order valence-electron chi connectivity index (χ3n) is 4.89. The largest absolute Gasteiger partial charge is 0.336 e. The van der Waals surface area contributed by atoms with Crippen molar-refractivity contribution < 1.29 is 9.59 Å². The van der Waals surface area contributed by atoms with Crippen molar-refractivity contribution >= 4 is 11.9 Å². The monoisotopic (exact) mass is 395 g/mol. The molecule has 1 aromatic heterocycles. The van der Waals surface area contributed by atoms with Crippen molar-refractivity contribution in [3.8, 4) is 0 Å². The normalized spacial score (nSPS) is 14.7. The predicted octanol–water partition coefficient (Wildman–Crippen LogP) is 2.25. The number of pyridine rings is 1. The fourth-order valence-corrected chi connectivity index (χ4v) is 3.30. The second-order valence-electron chi connectivity index (χ2n) is 7.60. The number of nitrogens with zero attached hydrogens (tertiary/aromatic N) is 3. The number of hydrogen-bond donors (Lipinski definition) is 2. The van der Waals surface area contributed by atoms with Gasteiger partial charge in [-0.1, -0.05) is 12.1 Å². The van der Waals surface area contributed by atoms with E-state index in [-0.39, 0.29) is 18.0 Å². The lowest BCUT2D eigenvalue weighted by atomic mass is 10.1. The molecule has 0 unspecified atom stereocenters. The SMILES string of the molecule is CC(C)NC(=O)NCc1ccc(C(=O)N2CCN(Cc3ccncc3)CC2)cc1. The molecule has 0 aliphatic carbocycles. The number of benzene rings is 1. The highest BCUT2D eigenvalue weighted by atomic mass is 16.2. The van der Waals surface area contributed by atoms with Crippen molar-refractivity contribution in [2.75, 3.05) is 26.2 Å². The van der Waals surface area contributed by atoms with Crippen LogP contribution in [-0.2, 0) is 13.1 Å². The Hall–Kier alpha value is -2.93. The van der Waals surface area contributed by atoms with Crippen LogP contribution in [0.3, 0.4) is 0 Å². The van der Waals surface area contributed by atoms with Crippen LogP contribution in [0, 0.1) is 0 Å². The molecule has 29 heavy (non-hydrogen) atoms. The number of rotatable bonds is 6. The first-order chi connectivity index (χ1) is 14.0. The number of aromatic nitrogens is 1. The first kappa shape index (κ1) is 20.8. The molecular formula is C22H29N5O2. The summed E-state index contributed by atoms with van der Waals surface area (Å²) in [7, 11) is 0. The number of hydrogen-bond acceptors (Lipinski definition) is 4. The van der Waals surface area contributed by atoms with Gasteiger partial charge in [-0.25, -0.2) is 4.79 Å². The number of amides is 3. The Kier molecular flexibility index (Phi) is 7.19. The molecule has 0 atom stereocenters. The summed E-state index contributed by atoms with van der Waals surface area (Å²) in [6.45, 7) is 8.32. The lowest BCUT2D eigenvalue weighted by Crippen LogP contribution is -2.48. The van der Waals surface area contributed by atoms with Crippen molar-refractivity contribution in [2.24, 2.45) is 0 Å². The maximum Gasteiger partial charge on any atom is 0.315 e. The Balaban J connectivity index is 1.46. The summed E-state index contributed by atoms with van der Waals surface area (Å²) < 4.78 is 0. The fraction of sp³-hybridized carbons (Fsp3) is 0.409. The number of carbonyl (C=O) groups excluding carboxylic acids is 2. The molecule has 0 spiro atoms. The number of piperazine rings is 1. The lowest BCUT2D eigenvalue weighted by Gasteiger charge is -2.34. The first-order valence-electron chi connectivity index (χ1n) is 10.0. The van der Waals surface area contributed by atoms with Gasteiger partial charge in [-0.2, -0.15) is 0 Å². The number of carbonyl (C=O) groups is 2. The molecule has 2 N–H and O–H groups in total. The fourth-order valence-electron chi connectivity index (χ4n) is 3.30. The Morgan fingerprint density at radius 2 is 1.62 bits per heavy atom. The molecule has 154 valence electrons. The van der Waals surface area contributed by atoms with Crippen molar-refractivity contribution in [3.05, 3.63) is 65.5 Å². The van der Waals surface area contributed by atoms with Gasteiger partial charge < -0.3 is 15.5 Å². The molecule has 2 heterocycles. The van der Waals surface area contributed by atoms with E-state index >= 15 is 0 Å². The quantitative estimate of drug-likeness (QED) is 0.786. The Labute approximate surface area is 172 Å². The molecule has 7 heteroatoms. The summed E-state index contributed by atoms with van der Waals surface area (Å²) in [4.78, 5) is 32.8. The highest BCUT2D eigenvalue weighted by molar-refractivity contribution is 5.94. The van der Waals surface area contributed by atoms with Gasteiger partial charge in [0.15, 0.2) is 0 Å². The average Bonchev–Trinajstić information content (AvgIpc) is 2.73. The van der Waals surface area contributed by atoms with Gasteiger partial charge >= 0.3 is 6.03 Å². The van der Waals surface area contributed by atoms with E-state index in [1.807, 2.05) is 67.5 Å². The average molecular weight is 396 g/mol. The highest BCUT2D eigenvalue weighted by Crippen LogP contribution is 2.12. The van der Waals surface area contributed by atoms with E-state index in [9.17, 15) is 9.59 Å². The highest BCUT2D eigenvalue weighted by Gasteiger charge is 2.22. The minimum Gasteiger partial charge on any atom is -0.336 e. The molecule has 1 aliphatic rings. The van der Waals surface area contributed by atoms with Crippen LogP contribution < -0.4 is 10.6 Å². The number of urea groups is 1. The van der Waals surface area contributed by atoms with Crippen LogP contribution in [-0.4, -0.2) is 58.9 Å². The zero-order valence-corrected chi connectivity index (χ0v) is 17.1. The summed E-state index contributed by atoms with van der Waals surface area (Å²) >= 11 is 0. The van der Waals surface area contributed by atoms with Crippen molar-refractivity contribution in [3.63, 3.8) is 0 Å². The van der Waals surface area contributed by atoms with Gasteiger partial charge in [0.2, 0.25) is 0 Å². The van der Waals surface area contributed by atoms with E-state index in [1.54, 1.807) is 0 Å². The van der Waals surface area contributed by atoms with Crippen LogP contribution in [0.25, 0.3) is 0 Å². The zero-order valence-electron chi connectivity index (χ0n) is 17.1. The Bertz CT molecular complexity index is 800. The molecule has 1 aliphatic heterocycles. The van der Waals surface area contributed by atoms with Crippen LogP contribution in [0.1, 0.15) is 35.3 Å². The van der Waals surface area contributed by atoms with Crippen molar-refractivity contribution in [1.82, 2.24) is 25.4 Å². The molecule has 0 bridgehead atoms. The third kappa shape index (κ3) is 6.29. The van der Waals surface area contributed by atoms with Gasteiger partial charge in [0.05, 0.1) is 0 Å². The van der Waals surface area contributed by atoms with Crippen LogP contribution in [0.4, 0.5) is 4.79 Å². The van der Waals surface area contributed by atoms with Gasteiger partial charge in [0.25, 0.3) is 5.91 Å². The van der Waals surface area contributed by atoms with Crippen LogP contribution >= 0.6 is 0 Å². The van der Waals surface area contributed by atoms with Crippen LogP contribution in [0.15, 0.2) is 48.8 Å². The molecule has 0 radical (unpaired) electrons. The van der Waals surface area contributed by atoms with E-state index in [4.69, 9.17) is 0 Å². The van der Waals surface area contributed by atoms with Crippen molar-refractivity contribution in [2.45, 2.75) is 33.0 Å². The smallest absolute Gasteiger partial charge is 0.315 e. The van der Waals surface area contributed by atoms with Gasteiger partial charge in [0.1, 0.15) is 0 Å². The molecule has 7 nitrogen and oxygen atoms in total. The van der Waals surface area contributed by atoms with Crippen LogP contribution in [0.2, 0.25) is 0 Å². The summed E-state index contributed by atoms with van der Waals surface area (Å²) in [6.07, 6.45) is 3.62. The van der Waals surface area contributed by atoms with E-state index in [0.717, 1.165) is 38.3 Å². The molecule has 3 rings (SSSR count). The van der Waals surface area contributed by atoms with E-state index in [2.05, 4.69) is 20.5 Å². The van der Waals surface area contributed by atoms with E-state index in [0.29, 0.717) is 12.1 Å². The standard InChI is InChI=1S/C22H29N5O2/c1-17(2)25-22(29)24-15-18-3-5-20(6-4-18)21(28)27-13-11-26(12-14-27)16-19-7-9-23-10-8-19/h3-10,17H,11-16H2,1-2H3,(H2,24,25,29). The molecule has 0 saturated carbocycles. The molecule has 1 saturated heterocycles. The summed E-state index contributed by atoms with van der Waals surface area (Å²) in [5.74, 6) is 0.0608. The predicted molar refractivity (Wildman–Crippen MR) is 112 cm³/mol. The van der Waals surface area contributed by atoms with E-state index < -0.39 is 0 Å². The third-order valence-corrected chi connectivity index (χ3v) is 4.89. The van der Waals surface area contributed by atoms with Crippen LogP contribution in [0.5, 0.6) is 0 Å². The minimum atomic E-state index is -0.190. The topological polar surface area (TPSA) is 77.6 Å². The van der Waals surface area contributed by atoms with Gasteiger partial charge in [-0.3, -0.25) is 14.7 Å². The van der Waals surface area contributed by atoms with E-state index in [1.165, 1.54) is 5.56 Å².